The minimum atomic E-state index is -0.145. The Kier molecular flexibility index (Phi) is 6.28. The van der Waals surface area contributed by atoms with Crippen LogP contribution in [-0.4, -0.2) is 16.6 Å². The van der Waals surface area contributed by atoms with E-state index in [4.69, 9.17) is 0 Å². The first-order valence-corrected chi connectivity index (χ1v) is 9.40. The summed E-state index contributed by atoms with van der Waals surface area (Å²) in [4.78, 5) is 16.5. The van der Waals surface area contributed by atoms with Gasteiger partial charge in [0.1, 0.15) is 0 Å². The summed E-state index contributed by atoms with van der Waals surface area (Å²) in [5.74, 6) is -0.145. The number of carbonyl (C=O) groups excluding carboxylic acids is 1. The van der Waals surface area contributed by atoms with Crippen LogP contribution in [0.3, 0.4) is 0 Å². The third kappa shape index (κ3) is 5.63. The summed E-state index contributed by atoms with van der Waals surface area (Å²) in [5.41, 5.74) is 6.75. The van der Waals surface area contributed by atoms with Crippen LogP contribution in [0.25, 0.3) is 0 Å². The topological polar surface area (TPSA) is 54.4 Å². The lowest BCUT2D eigenvalue weighted by Crippen LogP contribution is -2.23. The fourth-order valence-corrected chi connectivity index (χ4v) is 3.25. The van der Waals surface area contributed by atoms with Crippen LogP contribution in [0.15, 0.2) is 71.1 Å². The number of hydrogen-bond donors (Lipinski definition) is 1. The molecule has 0 bridgehead atoms. The molecule has 0 spiro atoms. The number of benzene rings is 2. The second kappa shape index (κ2) is 9.06. The maximum atomic E-state index is 12.2. The molecule has 0 radical (unpaired) electrons. The van der Waals surface area contributed by atoms with Crippen LogP contribution >= 0.6 is 11.3 Å². The number of aryl methyl sites for hydroxylation is 1. The number of aromatic nitrogens is 1. The number of carbonyl (C=O) groups is 1. The van der Waals surface area contributed by atoms with E-state index in [1.165, 1.54) is 11.1 Å². The molecule has 0 aliphatic heterocycles. The van der Waals surface area contributed by atoms with E-state index in [0.717, 1.165) is 16.4 Å². The summed E-state index contributed by atoms with van der Waals surface area (Å²) in [6, 6.07) is 20.3. The van der Waals surface area contributed by atoms with Crippen molar-refractivity contribution in [3.63, 3.8) is 0 Å². The van der Waals surface area contributed by atoms with Crippen molar-refractivity contribution in [2.45, 2.75) is 26.2 Å². The summed E-state index contributed by atoms with van der Waals surface area (Å²) in [6.45, 7) is 1.93. The maximum absolute atomic E-state index is 12.2. The Morgan fingerprint density at radius 3 is 2.04 bits per heavy atom. The van der Waals surface area contributed by atoms with Crippen molar-refractivity contribution in [2.24, 2.45) is 5.10 Å². The molecule has 3 aromatic rings. The molecular formula is C21H21N3OS. The fraction of sp³-hybridized carbons (Fsp3) is 0.190. The lowest BCUT2D eigenvalue weighted by atomic mass is 10.0. The lowest BCUT2D eigenvalue weighted by molar-refractivity contribution is -0.120. The molecule has 26 heavy (non-hydrogen) atoms. The minimum Gasteiger partial charge on any atom is -0.273 e. The third-order valence-electron chi connectivity index (χ3n) is 3.85. The zero-order valence-electron chi connectivity index (χ0n) is 14.7. The summed E-state index contributed by atoms with van der Waals surface area (Å²) >= 11 is 1.55. The number of hydrazone groups is 1. The second-order valence-electron chi connectivity index (χ2n) is 6.07. The van der Waals surface area contributed by atoms with E-state index in [9.17, 15) is 4.79 Å². The van der Waals surface area contributed by atoms with Crippen molar-refractivity contribution in [3.05, 3.63) is 87.9 Å². The zero-order chi connectivity index (χ0) is 18.2. The molecule has 0 saturated heterocycles. The number of thiazole rings is 1. The molecule has 0 aliphatic rings. The molecule has 1 aromatic heterocycles. The van der Waals surface area contributed by atoms with Gasteiger partial charge in [-0.2, -0.15) is 5.10 Å². The first-order chi connectivity index (χ1) is 12.7. The molecule has 0 atom stereocenters. The quantitative estimate of drug-likeness (QED) is 0.510. The highest BCUT2D eigenvalue weighted by molar-refractivity contribution is 7.09. The SMILES string of the molecule is Cc1nc(CC(=O)NN=C(Cc2ccccc2)Cc2ccccc2)cs1. The normalized spacial score (nSPS) is 10.3. The van der Waals surface area contributed by atoms with E-state index in [-0.39, 0.29) is 12.3 Å². The van der Waals surface area contributed by atoms with Crippen LogP contribution in [0.5, 0.6) is 0 Å². The Balaban J connectivity index is 1.68. The van der Waals surface area contributed by atoms with Crippen LogP contribution in [0.2, 0.25) is 0 Å². The summed E-state index contributed by atoms with van der Waals surface area (Å²) in [5, 5.41) is 7.28. The molecule has 2 aromatic carbocycles. The molecule has 0 aliphatic carbocycles. The molecule has 0 unspecified atom stereocenters. The van der Waals surface area contributed by atoms with E-state index in [0.29, 0.717) is 12.8 Å². The predicted octanol–water partition coefficient (Wildman–Crippen LogP) is 3.95. The molecule has 1 heterocycles. The van der Waals surface area contributed by atoms with Gasteiger partial charge in [-0.05, 0) is 18.1 Å². The fourth-order valence-electron chi connectivity index (χ4n) is 2.64. The number of rotatable bonds is 7. The van der Waals surface area contributed by atoms with Gasteiger partial charge in [0, 0.05) is 23.9 Å². The lowest BCUT2D eigenvalue weighted by Gasteiger charge is -2.08. The Labute approximate surface area is 157 Å². The number of nitrogens with one attached hydrogen (secondary N) is 1. The van der Waals surface area contributed by atoms with E-state index in [1.807, 2.05) is 48.7 Å². The standard InChI is InChI=1S/C21H21N3OS/c1-16-22-20(15-26-16)14-21(25)24-23-19(12-17-8-4-2-5-9-17)13-18-10-6-3-7-11-18/h2-11,15H,12-14H2,1H3,(H,24,25). The zero-order valence-corrected chi connectivity index (χ0v) is 15.5. The van der Waals surface area contributed by atoms with Crippen molar-refractivity contribution < 1.29 is 4.79 Å². The molecule has 132 valence electrons. The van der Waals surface area contributed by atoms with E-state index < -0.39 is 0 Å². The molecule has 4 nitrogen and oxygen atoms in total. The largest absolute Gasteiger partial charge is 0.273 e. The van der Waals surface area contributed by atoms with Crippen molar-refractivity contribution in [2.75, 3.05) is 0 Å². The summed E-state index contributed by atoms with van der Waals surface area (Å²) < 4.78 is 0. The van der Waals surface area contributed by atoms with Crippen LogP contribution in [0, 0.1) is 6.92 Å². The van der Waals surface area contributed by atoms with Crippen LogP contribution in [0.4, 0.5) is 0 Å². The van der Waals surface area contributed by atoms with Crippen LogP contribution in [-0.2, 0) is 24.1 Å². The molecular weight excluding hydrogens is 342 g/mol. The Bertz CT molecular complexity index is 829. The van der Waals surface area contributed by atoms with Gasteiger partial charge in [-0.15, -0.1) is 11.3 Å². The average Bonchev–Trinajstić information content (AvgIpc) is 3.06. The molecule has 3 rings (SSSR count). The molecule has 5 heteroatoms. The number of amides is 1. The van der Waals surface area contributed by atoms with E-state index in [1.54, 1.807) is 11.3 Å². The van der Waals surface area contributed by atoms with Gasteiger partial charge < -0.3 is 0 Å². The van der Waals surface area contributed by atoms with Crippen molar-refractivity contribution in [1.29, 1.82) is 0 Å². The van der Waals surface area contributed by atoms with Gasteiger partial charge >= 0.3 is 0 Å². The summed E-state index contributed by atoms with van der Waals surface area (Å²) in [6.07, 6.45) is 1.65. The number of hydrogen-bond acceptors (Lipinski definition) is 4. The van der Waals surface area contributed by atoms with Crippen molar-refractivity contribution in [1.82, 2.24) is 10.4 Å². The Hall–Kier alpha value is -2.79. The Morgan fingerprint density at radius 1 is 0.962 bits per heavy atom. The molecule has 0 fully saturated rings. The monoisotopic (exact) mass is 363 g/mol. The van der Waals surface area contributed by atoms with Crippen molar-refractivity contribution >= 4 is 23.0 Å². The van der Waals surface area contributed by atoms with Crippen LogP contribution < -0.4 is 5.43 Å². The Morgan fingerprint density at radius 2 is 1.54 bits per heavy atom. The highest BCUT2D eigenvalue weighted by Gasteiger charge is 2.08. The first-order valence-electron chi connectivity index (χ1n) is 8.52. The van der Waals surface area contributed by atoms with Gasteiger partial charge in [0.25, 0.3) is 0 Å². The van der Waals surface area contributed by atoms with Gasteiger partial charge in [0.2, 0.25) is 5.91 Å². The molecule has 1 amide bonds. The van der Waals surface area contributed by atoms with Crippen molar-refractivity contribution in [3.8, 4) is 0 Å². The maximum Gasteiger partial charge on any atom is 0.246 e. The van der Waals surface area contributed by atoms with E-state index in [2.05, 4.69) is 39.8 Å². The van der Waals surface area contributed by atoms with Gasteiger partial charge in [-0.1, -0.05) is 60.7 Å². The highest BCUT2D eigenvalue weighted by Crippen LogP contribution is 2.09. The summed E-state index contributed by atoms with van der Waals surface area (Å²) in [7, 11) is 0. The second-order valence-corrected chi connectivity index (χ2v) is 7.13. The van der Waals surface area contributed by atoms with Crippen LogP contribution in [0.1, 0.15) is 21.8 Å². The van der Waals surface area contributed by atoms with E-state index >= 15 is 0 Å². The average molecular weight is 363 g/mol. The van der Waals surface area contributed by atoms with Gasteiger partial charge in [-0.3, -0.25) is 4.79 Å². The van der Waals surface area contributed by atoms with Gasteiger partial charge in [0.05, 0.1) is 17.1 Å². The highest BCUT2D eigenvalue weighted by atomic mass is 32.1. The first kappa shape index (κ1) is 18.0. The van der Waals surface area contributed by atoms with Gasteiger partial charge in [0.15, 0.2) is 0 Å². The molecule has 1 N–H and O–H groups in total. The smallest absolute Gasteiger partial charge is 0.246 e. The minimum absolute atomic E-state index is 0.145. The third-order valence-corrected chi connectivity index (χ3v) is 4.67. The van der Waals surface area contributed by atoms with Gasteiger partial charge in [-0.25, -0.2) is 10.4 Å². The predicted molar refractivity (Wildman–Crippen MR) is 106 cm³/mol. The molecule has 0 saturated carbocycles. The number of nitrogens with zero attached hydrogens (tertiary/aromatic N) is 2.